The number of carboxylic acids is 1. The number of nitrogens with zero attached hydrogens (tertiary/aromatic N) is 5. The van der Waals surface area contributed by atoms with Crippen LogP contribution in [0.4, 0.5) is 6.01 Å². The molecule has 1 aliphatic rings. The first-order valence-electron chi connectivity index (χ1n) is 6.85. The van der Waals surface area contributed by atoms with Gasteiger partial charge in [-0.05, 0) is 12.8 Å². The Morgan fingerprint density at radius 2 is 2.14 bits per heavy atom. The number of rotatable bonds is 4. The summed E-state index contributed by atoms with van der Waals surface area (Å²) in [6.45, 7) is 1.15. The lowest BCUT2D eigenvalue weighted by molar-refractivity contribution is -0.142. The van der Waals surface area contributed by atoms with Crippen molar-refractivity contribution in [3.8, 4) is 17.4 Å². The van der Waals surface area contributed by atoms with E-state index >= 15 is 0 Å². The summed E-state index contributed by atoms with van der Waals surface area (Å²) in [6.07, 6.45) is 4.11. The summed E-state index contributed by atoms with van der Waals surface area (Å²) in [5.74, 6) is -0.306. The van der Waals surface area contributed by atoms with Gasteiger partial charge in [0.2, 0.25) is 11.7 Å². The van der Waals surface area contributed by atoms with Gasteiger partial charge in [0.15, 0.2) is 0 Å². The predicted molar refractivity (Wildman–Crippen MR) is 74.4 cm³/mol. The van der Waals surface area contributed by atoms with Crippen molar-refractivity contribution in [3.05, 3.63) is 12.4 Å². The van der Waals surface area contributed by atoms with Crippen LogP contribution in [0.15, 0.2) is 16.9 Å². The Labute approximate surface area is 125 Å². The molecule has 22 heavy (non-hydrogen) atoms. The molecule has 2 aromatic rings. The van der Waals surface area contributed by atoms with Crippen LogP contribution in [0.5, 0.6) is 5.88 Å². The van der Waals surface area contributed by atoms with Gasteiger partial charge in [-0.25, -0.2) is 9.97 Å². The molecule has 0 bridgehead atoms. The zero-order valence-corrected chi connectivity index (χ0v) is 12.0. The predicted octanol–water partition coefficient (Wildman–Crippen LogP) is 0.836. The molecule has 3 heterocycles. The van der Waals surface area contributed by atoms with E-state index in [1.807, 2.05) is 4.90 Å². The van der Waals surface area contributed by atoms with Gasteiger partial charge >= 0.3 is 12.0 Å². The van der Waals surface area contributed by atoms with Crippen LogP contribution in [0, 0.1) is 5.92 Å². The topological polar surface area (TPSA) is 114 Å². The third kappa shape index (κ3) is 2.83. The SMILES string of the molecule is COc1cnc(-c2noc(N3CCC(C(=O)O)CC3)n2)cn1. The third-order valence-corrected chi connectivity index (χ3v) is 3.60. The molecule has 0 aliphatic carbocycles. The van der Waals surface area contributed by atoms with Crippen molar-refractivity contribution in [2.45, 2.75) is 12.8 Å². The second-order valence-corrected chi connectivity index (χ2v) is 4.94. The smallest absolute Gasteiger partial charge is 0.324 e. The monoisotopic (exact) mass is 305 g/mol. The molecular weight excluding hydrogens is 290 g/mol. The minimum absolute atomic E-state index is 0.300. The van der Waals surface area contributed by atoms with E-state index in [4.69, 9.17) is 14.4 Å². The van der Waals surface area contributed by atoms with Gasteiger partial charge in [0.25, 0.3) is 0 Å². The minimum Gasteiger partial charge on any atom is -0.481 e. The van der Waals surface area contributed by atoms with Crippen molar-refractivity contribution >= 4 is 12.0 Å². The van der Waals surface area contributed by atoms with Crippen LogP contribution in [0.25, 0.3) is 11.5 Å². The van der Waals surface area contributed by atoms with Gasteiger partial charge in [-0.2, -0.15) is 4.98 Å². The normalized spacial score (nSPS) is 15.8. The third-order valence-electron chi connectivity index (χ3n) is 3.60. The number of methoxy groups -OCH3 is 1. The van der Waals surface area contributed by atoms with Crippen LogP contribution in [0.1, 0.15) is 12.8 Å². The van der Waals surface area contributed by atoms with Crippen molar-refractivity contribution < 1.29 is 19.2 Å². The molecule has 1 aliphatic heterocycles. The summed E-state index contributed by atoms with van der Waals surface area (Å²) < 4.78 is 10.2. The van der Waals surface area contributed by atoms with Gasteiger partial charge < -0.3 is 19.3 Å². The maximum Gasteiger partial charge on any atom is 0.324 e. The van der Waals surface area contributed by atoms with E-state index in [-0.39, 0.29) is 5.92 Å². The minimum atomic E-state index is -0.751. The number of aliphatic carboxylic acids is 1. The van der Waals surface area contributed by atoms with Gasteiger partial charge in [0, 0.05) is 13.1 Å². The van der Waals surface area contributed by atoms with Gasteiger partial charge in [-0.3, -0.25) is 4.79 Å². The Balaban J connectivity index is 1.70. The van der Waals surface area contributed by atoms with Gasteiger partial charge in [-0.15, -0.1) is 0 Å². The fourth-order valence-electron chi connectivity index (χ4n) is 2.30. The maximum atomic E-state index is 10.9. The zero-order chi connectivity index (χ0) is 15.5. The molecule has 0 radical (unpaired) electrons. The molecule has 0 unspecified atom stereocenters. The van der Waals surface area contributed by atoms with Crippen LogP contribution in [-0.4, -0.2) is 51.4 Å². The number of hydrogen-bond donors (Lipinski definition) is 1. The van der Waals surface area contributed by atoms with E-state index in [1.165, 1.54) is 19.5 Å². The fourth-order valence-corrected chi connectivity index (χ4v) is 2.30. The van der Waals surface area contributed by atoms with Crippen LogP contribution >= 0.6 is 0 Å². The molecule has 0 atom stereocenters. The number of carbonyl (C=O) groups is 1. The Morgan fingerprint density at radius 1 is 1.36 bits per heavy atom. The average molecular weight is 305 g/mol. The zero-order valence-electron chi connectivity index (χ0n) is 12.0. The molecule has 9 heteroatoms. The van der Waals surface area contributed by atoms with E-state index in [9.17, 15) is 4.79 Å². The Kier molecular flexibility index (Phi) is 3.86. The number of carboxylic acid groups (broad SMARTS) is 1. The molecular formula is C13H15N5O4. The summed E-state index contributed by atoms with van der Waals surface area (Å²) in [6, 6.07) is 0.372. The highest BCUT2D eigenvalue weighted by atomic mass is 16.5. The maximum absolute atomic E-state index is 10.9. The standard InChI is InChI=1S/C13H15N5O4/c1-21-10-7-14-9(6-15-10)11-16-13(22-17-11)18-4-2-8(3-5-18)12(19)20/h6-8H,2-5H2,1H3,(H,19,20). The first-order valence-corrected chi connectivity index (χ1v) is 6.85. The van der Waals surface area contributed by atoms with Gasteiger partial charge in [0.05, 0.1) is 25.4 Å². The van der Waals surface area contributed by atoms with Crippen molar-refractivity contribution in [2.24, 2.45) is 5.92 Å². The second-order valence-electron chi connectivity index (χ2n) is 4.94. The summed E-state index contributed by atoms with van der Waals surface area (Å²) in [5.41, 5.74) is 0.483. The molecule has 116 valence electrons. The Bertz CT molecular complexity index is 649. The summed E-state index contributed by atoms with van der Waals surface area (Å²) >= 11 is 0. The van der Waals surface area contributed by atoms with Crippen molar-refractivity contribution in [3.63, 3.8) is 0 Å². The average Bonchev–Trinajstić information content (AvgIpc) is 3.05. The van der Waals surface area contributed by atoms with E-state index in [0.717, 1.165) is 0 Å². The van der Waals surface area contributed by atoms with E-state index in [2.05, 4.69) is 20.1 Å². The van der Waals surface area contributed by atoms with Crippen molar-refractivity contribution in [1.29, 1.82) is 0 Å². The Hall–Kier alpha value is -2.71. The van der Waals surface area contributed by atoms with Crippen molar-refractivity contribution in [2.75, 3.05) is 25.1 Å². The highest BCUT2D eigenvalue weighted by Gasteiger charge is 2.27. The van der Waals surface area contributed by atoms with Crippen molar-refractivity contribution in [1.82, 2.24) is 20.1 Å². The number of aromatic nitrogens is 4. The second kappa shape index (κ2) is 5.96. The first-order chi connectivity index (χ1) is 10.7. The molecule has 1 saturated heterocycles. The lowest BCUT2D eigenvalue weighted by Gasteiger charge is -2.28. The Morgan fingerprint density at radius 3 is 2.73 bits per heavy atom. The molecule has 1 fully saturated rings. The molecule has 0 amide bonds. The van der Waals surface area contributed by atoms with E-state index in [0.29, 0.717) is 49.3 Å². The van der Waals surface area contributed by atoms with Crippen LogP contribution < -0.4 is 9.64 Å². The van der Waals surface area contributed by atoms with Gasteiger partial charge in [-0.1, -0.05) is 5.16 Å². The summed E-state index contributed by atoms with van der Waals surface area (Å²) in [4.78, 5) is 25.3. The number of ether oxygens (including phenoxy) is 1. The highest BCUT2D eigenvalue weighted by Crippen LogP contribution is 2.24. The molecule has 2 aromatic heterocycles. The lowest BCUT2D eigenvalue weighted by Crippen LogP contribution is -2.36. The fraction of sp³-hybridized carbons (Fsp3) is 0.462. The molecule has 3 rings (SSSR count). The number of anilines is 1. The molecule has 0 spiro atoms. The largest absolute Gasteiger partial charge is 0.481 e. The summed E-state index contributed by atoms with van der Waals surface area (Å²) in [5, 5.41) is 12.9. The van der Waals surface area contributed by atoms with Crippen LogP contribution in [-0.2, 0) is 4.79 Å². The quantitative estimate of drug-likeness (QED) is 0.877. The number of hydrogen-bond acceptors (Lipinski definition) is 8. The molecule has 9 nitrogen and oxygen atoms in total. The summed E-state index contributed by atoms with van der Waals surface area (Å²) in [7, 11) is 1.51. The highest BCUT2D eigenvalue weighted by molar-refractivity contribution is 5.70. The molecule has 0 saturated carbocycles. The van der Waals surface area contributed by atoms with E-state index < -0.39 is 5.97 Å². The first kappa shape index (κ1) is 14.2. The van der Waals surface area contributed by atoms with E-state index in [1.54, 1.807) is 0 Å². The van der Waals surface area contributed by atoms with Gasteiger partial charge in [0.1, 0.15) is 5.69 Å². The number of piperidine rings is 1. The molecule has 1 N–H and O–H groups in total. The van der Waals surface area contributed by atoms with Crippen LogP contribution in [0.3, 0.4) is 0 Å². The molecule has 0 aromatic carbocycles. The lowest BCUT2D eigenvalue weighted by atomic mass is 9.97. The van der Waals surface area contributed by atoms with Crippen LogP contribution in [0.2, 0.25) is 0 Å².